The van der Waals surface area contributed by atoms with E-state index in [2.05, 4.69) is 4.98 Å². The zero-order valence-electron chi connectivity index (χ0n) is 12.2. The zero-order valence-corrected chi connectivity index (χ0v) is 12.2. The lowest BCUT2D eigenvalue weighted by Gasteiger charge is -2.10. The molecule has 0 unspecified atom stereocenters. The lowest BCUT2D eigenvalue weighted by Crippen LogP contribution is -2.15. The molecule has 0 radical (unpaired) electrons. The standard InChI is InChI=1S/C16H15NO5/c1-20-11-6-7-15(21-2)12(9-11)14(18)10-22-16(19)13-5-3-4-8-17-13/h3-9H,10H2,1-2H3. The van der Waals surface area contributed by atoms with E-state index in [1.165, 1.54) is 32.5 Å². The maximum absolute atomic E-state index is 12.2. The van der Waals surface area contributed by atoms with E-state index in [4.69, 9.17) is 14.2 Å². The van der Waals surface area contributed by atoms with Gasteiger partial charge in [0.05, 0.1) is 19.8 Å². The number of rotatable bonds is 6. The Morgan fingerprint density at radius 3 is 2.55 bits per heavy atom. The van der Waals surface area contributed by atoms with E-state index < -0.39 is 12.6 Å². The van der Waals surface area contributed by atoms with Gasteiger partial charge in [-0.3, -0.25) is 4.79 Å². The average Bonchev–Trinajstić information content (AvgIpc) is 2.59. The van der Waals surface area contributed by atoms with Crippen LogP contribution in [-0.2, 0) is 4.74 Å². The van der Waals surface area contributed by atoms with Crippen LogP contribution < -0.4 is 9.47 Å². The molecular formula is C16H15NO5. The highest BCUT2D eigenvalue weighted by Crippen LogP contribution is 2.24. The molecule has 2 aromatic rings. The molecule has 0 spiro atoms. The Balaban J connectivity index is 2.08. The van der Waals surface area contributed by atoms with E-state index >= 15 is 0 Å². The largest absolute Gasteiger partial charge is 0.497 e. The lowest BCUT2D eigenvalue weighted by molar-refractivity contribution is 0.0468. The van der Waals surface area contributed by atoms with Gasteiger partial charge in [0.15, 0.2) is 6.61 Å². The first-order valence-corrected chi connectivity index (χ1v) is 6.49. The first-order chi connectivity index (χ1) is 10.7. The van der Waals surface area contributed by atoms with Gasteiger partial charge in [0.1, 0.15) is 17.2 Å². The number of carbonyl (C=O) groups is 2. The van der Waals surface area contributed by atoms with Gasteiger partial charge in [0.2, 0.25) is 5.78 Å². The van der Waals surface area contributed by atoms with Gasteiger partial charge in [-0.1, -0.05) is 6.07 Å². The van der Waals surface area contributed by atoms with Gasteiger partial charge >= 0.3 is 5.97 Å². The molecular weight excluding hydrogens is 286 g/mol. The van der Waals surface area contributed by atoms with Gasteiger partial charge < -0.3 is 14.2 Å². The predicted molar refractivity (Wildman–Crippen MR) is 78.4 cm³/mol. The summed E-state index contributed by atoms with van der Waals surface area (Å²) in [4.78, 5) is 27.8. The summed E-state index contributed by atoms with van der Waals surface area (Å²) in [6.45, 7) is -0.404. The van der Waals surface area contributed by atoms with Crippen LogP contribution in [0.1, 0.15) is 20.8 Å². The molecule has 1 aromatic heterocycles. The third-order valence-corrected chi connectivity index (χ3v) is 2.92. The number of methoxy groups -OCH3 is 2. The Kier molecular flexibility index (Phi) is 5.08. The topological polar surface area (TPSA) is 74.7 Å². The number of esters is 1. The number of aromatic nitrogens is 1. The average molecular weight is 301 g/mol. The molecule has 0 saturated heterocycles. The molecule has 0 aliphatic rings. The van der Waals surface area contributed by atoms with Crippen LogP contribution in [-0.4, -0.2) is 37.6 Å². The fraction of sp³-hybridized carbons (Fsp3) is 0.188. The third kappa shape index (κ3) is 3.60. The fourth-order valence-electron chi connectivity index (χ4n) is 1.80. The maximum atomic E-state index is 12.2. The van der Waals surface area contributed by atoms with Crippen molar-refractivity contribution in [2.45, 2.75) is 0 Å². The minimum atomic E-state index is -0.657. The molecule has 1 heterocycles. The highest BCUT2D eigenvalue weighted by Gasteiger charge is 2.17. The summed E-state index contributed by atoms with van der Waals surface area (Å²) in [5, 5.41) is 0. The Bertz CT molecular complexity index is 669. The van der Waals surface area contributed by atoms with Gasteiger partial charge in [-0.25, -0.2) is 9.78 Å². The number of ether oxygens (including phenoxy) is 3. The van der Waals surface area contributed by atoms with E-state index in [0.717, 1.165) is 0 Å². The molecule has 0 saturated carbocycles. The molecule has 0 aliphatic heterocycles. The zero-order chi connectivity index (χ0) is 15.9. The Labute approximate surface area is 127 Å². The van der Waals surface area contributed by atoms with Crippen molar-refractivity contribution in [1.29, 1.82) is 0 Å². The van der Waals surface area contributed by atoms with E-state index in [9.17, 15) is 9.59 Å². The highest BCUT2D eigenvalue weighted by atomic mass is 16.5. The minimum Gasteiger partial charge on any atom is -0.497 e. The van der Waals surface area contributed by atoms with Crippen LogP contribution >= 0.6 is 0 Å². The number of ketones is 1. The predicted octanol–water partition coefficient (Wildman–Crippen LogP) is 2.14. The molecule has 22 heavy (non-hydrogen) atoms. The van der Waals surface area contributed by atoms with Crippen molar-refractivity contribution in [2.75, 3.05) is 20.8 Å². The van der Waals surface area contributed by atoms with Gasteiger partial charge in [0, 0.05) is 6.20 Å². The molecule has 0 atom stereocenters. The first kappa shape index (κ1) is 15.5. The summed E-state index contributed by atoms with van der Waals surface area (Å²) in [6.07, 6.45) is 1.48. The van der Waals surface area contributed by atoms with Crippen molar-refractivity contribution in [3.8, 4) is 11.5 Å². The van der Waals surface area contributed by atoms with Crippen molar-refractivity contribution in [1.82, 2.24) is 4.98 Å². The molecule has 1 aromatic carbocycles. The normalized spacial score (nSPS) is 9.91. The summed E-state index contributed by atoms with van der Waals surface area (Å²) in [7, 11) is 2.95. The molecule has 0 bridgehead atoms. The number of benzene rings is 1. The third-order valence-electron chi connectivity index (χ3n) is 2.92. The van der Waals surface area contributed by atoms with Gasteiger partial charge in [0.25, 0.3) is 0 Å². The van der Waals surface area contributed by atoms with Crippen LogP contribution in [0.4, 0.5) is 0 Å². The molecule has 2 rings (SSSR count). The smallest absolute Gasteiger partial charge is 0.357 e. The number of nitrogens with zero attached hydrogens (tertiary/aromatic N) is 1. The second-order valence-electron chi connectivity index (χ2n) is 4.28. The van der Waals surface area contributed by atoms with E-state index in [0.29, 0.717) is 11.5 Å². The van der Waals surface area contributed by atoms with Gasteiger partial charge in [-0.15, -0.1) is 0 Å². The van der Waals surface area contributed by atoms with Crippen molar-refractivity contribution < 1.29 is 23.8 Å². The molecule has 0 amide bonds. The fourth-order valence-corrected chi connectivity index (χ4v) is 1.80. The number of pyridine rings is 1. The van der Waals surface area contributed by atoms with E-state index in [1.807, 2.05) is 0 Å². The number of carbonyl (C=O) groups excluding carboxylic acids is 2. The summed E-state index contributed by atoms with van der Waals surface area (Å²) in [6, 6.07) is 9.69. The van der Waals surface area contributed by atoms with E-state index in [-0.39, 0.29) is 17.0 Å². The molecule has 0 N–H and O–H groups in total. The quantitative estimate of drug-likeness (QED) is 0.601. The number of hydrogen-bond donors (Lipinski definition) is 0. The minimum absolute atomic E-state index is 0.146. The van der Waals surface area contributed by atoms with Gasteiger partial charge in [-0.05, 0) is 30.3 Å². The second kappa shape index (κ2) is 7.21. The van der Waals surface area contributed by atoms with Crippen LogP contribution in [0.2, 0.25) is 0 Å². The second-order valence-corrected chi connectivity index (χ2v) is 4.28. The molecule has 114 valence electrons. The molecule has 6 heteroatoms. The van der Waals surface area contributed by atoms with Crippen molar-refractivity contribution in [2.24, 2.45) is 0 Å². The van der Waals surface area contributed by atoms with Crippen molar-refractivity contribution in [3.63, 3.8) is 0 Å². The van der Waals surface area contributed by atoms with Crippen LogP contribution in [0, 0.1) is 0 Å². The SMILES string of the molecule is COc1ccc(OC)c(C(=O)COC(=O)c2ccccn2)c1. The molecule has 6 nitrogen and oxygen atoms in total. The monoisotopic (exact) mass is 301 g/mol. The summed E-state index contributed by atoms with van der Waals surface area (Å²) in [5.41, 5.74) is 0.434. The van der Waals surface area contributed by atoms with Crippen LogP contribution in [0.25, 0.3) is 0 Å². The lowest BCUT2D eigenvalue weighted by atomic mass is 10.1. The maximum Gasteiger partial charge on any atom is 0.357 e. The summed E-state index contributed by atoms with van der Waals surface area (Å²) in [5.74, 6) is -0.143. The Morgan fingerprint density at radius 2 is 1.91 bits per heavy atom. The number of Topliss-reactive ketones (excluding diaryl/α,β-unsaturated/α-hetero) is 1. The first-order valence-electron chi connectivity index (χ1n) is 6.49. The molecule has 0 fully saturated rings. The van der Waals surface area contributed by atoms with Crippen LogP contribution in [0.15, 0.2) is 42.6 Å². The molecule has 0 aliphatic carbocycles. The Morgan fingerprint density at radius 1 is 1.09 bits per heavy atom. The Hall–Kier alpha value is -2.89. The summed E-state index contributed by atoms with van der Waals surface area (Å²) >= 11 is 0. The van der Waals surface area contributed by atoms with Crippen LogP contribution in [0.5, 0.6) is 11.5 Å². The van der Waals surface area contributed by atoms with E-state index in [1.54, 1.807) is 24.3 Å². The van der Waals surface area contributed by atoms with Gasteiger partial charge in [-0.2, -0.15) is 0 Å². The van der Waals surface area contributed by atoms with Crippen molar-refractivity contribution >= 4 is 11.8 Å². The summed E-state index contributed by atoms with van der Waals surface area (Å²) < 4.78 is 15.2. The van der Waals surface area contributed by atoms with Crippen molar-refractivity contribution in [3.05, 3.63) is 53.9 Å². The highest BCUT2D eigenvalue weighted by molar-refractivity contribution is 6.01. The van der Waals surface area contributed by atoms with Crippen LogP contribution in [0.3, 0.4) is 0 Å². The number of hydrogen-bond acceptors (Lipinski definition) is 6.